The number of hydrogen-bond acceptors (Lipinski definition) is 5. The zero-order chi connectivity index (χ0) is 14.4. The van der Waals surface area contributed by atoms with Crippen molar-refractivity contribution in [2.75, 3.05) is 37.7 Å². The molecule has 1 saturated heterocycles. The Bertz CT molecular complexity index is 424. The third-order valence-electron chi connectivity index (χ3n) is 3.17. The van der Waals surface area contributed by atoms with Crippen LogP contribution >= 0.6 is 0 Å². The van der Waals surface area contributed by atoms with E-state index in [0.29, 0.717) is 19.1 Å². The van der Waals surface area contributed by atoms with Gasteiger partial charge in [0.1, 0.15) is 5.82 Å². The van der Waals surface area contributed by atoms with Crippen LogP contribution in [0.1, 0.15) is 20.3 Å². The molecule has 0 spiro atoms. The molecule has 1 aromatic rings. The molecular formula is C14H22N4O2. The van der Waals surface area contributed by atoms with E-state index in [4.69, 9.17) is 4.74 Å². The molecule has 0 saturated carbocycles. The van der Waals surface area contributed by atoms with E-state index in [9.17, 15) is 4.79 Å². The first-order valence-electron chi connectivity index (χ1n) is 7.09. The molecular weight excluding hydrogens is 256 g/mol. The number of hydrogen-bond donors (Lipinski definition) is 0. The van der Waals surface area contributed by atoms with Gasteiger partial charge >= 0.3 is 6.09 Å². The third kappa shape index (κ3) is 4.08. The molecule has 110 valence electrons. The molecule has 0 atom stereocenters. The van der Waals surface area contributed by atoms with Gasteiger partial charge in [0.15, 0.2) is 0 Å². The number of carbonyl (C=O) groups is 1. The highest BCUT2D eigenvalue weighted by molar-refractivity contribution is 5.67. The minimum atomic E-state index is -0.209. The van der Waals surface area contributed by atoms with Gasteiger partial charge < -0.3 is 14.5 Å². The normalized spacial score (nSPS) is 16.1. The fraction of sp³-hybridized carbons (Fsp3) is 0.643. The van der Waals surface area contributed by atoms with Gasteiger partial charge in [-0.2, -0.15) is 0 Å². The predicted octanol–water partition coefficient (Wildman–Crippen LogP) is 1.78. The second-order valence-electron chi connectivity index (χ2n) is 5.36. The van der Waals surface area contributed by atoms with E-state index < -0.39 is 0 Å². The molecule has 0 bridgehead atoms. The Morgan fingerprint density at radius 3 is 2.85 bits per heavy atom. The standard InChI is InChI=1S/C14H22N4O2/c1-12(2)11-20-14(19)18-7-3-6-17(8-9-18)13-10-15-4-5-16-13/h4-5,10,12H,3,6-9,11H2,1-2H3. The Labute approximate surface area is 119 Å². The van der Waals surface area contributed by atoms with Gasteiger partial charge in [0.2, 0.25) is 0 Å². The van der Waals surface area contributed by atoms with Crippen LogP contribution in [-0.4, -0.2) is 53.7 Å². The van der Waals surface area contributed by atoms with Crippen molar-refractivity contribution in [2.45, 2.75) is 20.3 Å². The molecule has 1 aliphatic rings. The molecule has 1 amide bonds. The maximum Gasteiger partial charge on any atom is 0.409 e. The average Bonchev–Trinajstić information content (AvgIpc) is 2.71. The van der Waals surface area contributed by atoms with Gasteiger partial charge in [0.25, 0.3) is 0 Å². The number of nitrogens with zero attached hydrogens (tertiary/aromatic N) is 4. The van der Waals surface area contributed by atoms with Crippen LogP contribution in [0.3, 0.4) is 0 Å². The summed E-state index contributed by atoms with van der Waals surface area (Å²) in [5.41, 5.74) is 0. The maximum atomic E-state index is 12.0. The van der Waals surface area contributed by atoms with Crippen LogP contribution < -0.4 is 4.90 Å². The Morgan fingerprint density at radius 2 is 2.15 bits per heavy atom. The summed E-state index contributed by atoms with van der Waals surface area (Å²) < 4.78 is 5.28. The van der Waals surface area contributed by atoms with Crippen LogP contribution in [0.15, 0.2) is 18.6 Å². The van der Waals surface area contributed by atoms with Gasteiger partial charge in [-0.1, -0.05) is 13.8 Å². The number of aromatic nitrogens is 2. The number of ether oxygens (including phenoxy) is 1. The van der Waals surface area contributed by atoms with Crippen LogP contribution in [-0.2, 0) is 4.74 Å². The van der Waals surface area contributed by atoms with Gasteiger partial charge in [0.05, 0.1) is 12.8 Å². The van der Waals surface area contributed by atoms with E-state index in [1.54, 1.807) is 23.5 Å². The Hall–Kier alpha value is -1.85. The highest BCUT2D eigenvalue weighted by Crippen LogP contribution is 2.12. The summed E-state index contributed by atoms with van der Waals surface area (Å²) >= 11 is 0. The second-order valence-corrected chi connectivity index (χ2v) is 5.36. The molecule has 1 aliphatic heterocycles. The van der Waals surface area contributed by atoms with Gasteiger partial charge in [-0.25, -0.2) is 9.78 Å². The van der Waals surface area contributed by atoms with Crippen molar-refractivity contribution in [3.63, 3.8) is 0 Å². The summed E-state index contributed by atoms with van der Waals surface area (Å²) in [6.07, 6.45) is 5.81. The molecule has 6 nitrogen and oxygen atoms in total. The summed E-state index contributed by atoms with van der Waals surface area (Å²) in [4.78, 5) is 24.3. The Kier molecular flexibility index (Phi) is 5.15. The Balaban J connectivity index is 1.87. The highest BCUT2D eigenvalue weighted by atomic mass is 16.6. The molecule has 0 radical (unpaired) electrons. The predicted molar refractivity (Wildman–Crippen MR) is 76.6 cm³/mol. The first kappa shape index (κ1) is 14.6. The average molecular weight is 278 g/mol. The van der Waals surface area contributed by atoms with E-state index >= 15 is 0 Å². The zero-order valence-corrected chi connectivity index (χ0v) is 12.2. The lowest BCUT2D eigenvalue weighted by Crippen LogP contribution is -2.36. The summed E-state index contributed by atoms with van der Waals surface area (Å²) in [5.74, 6) is 1.23. The maximum absolute atomic E-state index is 12.0. The van der Waals surface area contributed by atoms with Crippen molar-refractivity contribution in [3.05, 3.63) is 18.6 Å². The van der Waals surface area contributed by atoms with Crippen LogP contribution in [0, 0.1) is 5.92 Å². The summed E-state index contributed by atoms with van der Waals surface area (Å²) in [6.45, 7) is 7.57. The molecule has 0 aromatic carbocycles. The molecule has 0 aliphatic carbocycles. The monoisotopic (exact) mass is 278 g/mol. The lowest BCUT2D eigenvalue weighted by Gasteiger charge is -2.22. The minimum Gasteiger partial charge on any atom is -0.449 e. The molecule has 1 aromatic heterocycles. The first-order valence-corrected chi connectivity index (χ1v) is 7.09. The molecule has 0 unspecified atom stereocenters. The number of carbonyl (C=O) groups excluding carboxylic acids is 1. The Morgan fingerprint density at radius 1 is 1.30 bits per heavy atom. The van der Waals surface area contributed by atoms with Gasteiger partial charge in [-0.05, 0) is 12.3 Å². The summed E-state index contributed by atoms with van der Waals surface area (Å²) in [7, 11) is 0. The van der Waals surface area contributed by atoms with Gasteiger partial charge in [-0.15, -0.1) is 0 Å². The highest BCUT2D eigenvalue weighted by Gasteiger charge is 2.21. The minimum absolute atomic E-state index is 0.209. The van der Waals surface area contributed by atoms with Crippen LogP contribution in [0.5, 0.6) is 0 Å². The smallest absolute Gasteiger partial charge is 0.409 e. The molecule has 20 heavy (non-hydrogen) atoms. The van der Waals surface area contributed by atoms with Crippen molar-refractivity contribution < 1.29 is 9.53 Å². The van der Waals surface area contributed by atoms with Crippen molar-refractivity contribution >= 4 is 11.9 Å². The lowest BCUT2D eigenvalue weighted by molar-refractivity contribution is 0.0943. The number of amides is 1. The van der Waals surface area contributed by atoms with Crippen molar-refractivity contribution in [2.24, 2.45) is 5.92 Å². The van der Waals surface area contributed by atoms with E-state index in [0.717, 1.165) is 31.9 Å². The van der Waals surface area contributed by atoms with E-state index in [1.807, 2.05) is 13.8 Å². The second kappa shape index (κ2) is 7.07. The zero-order valence-electron chi connectivity index (χ0n) is 12.2. The van der Waals surface area contributed by atoms with E-state index in [2.05, 4.69) is 14.9 Å². The summed E-state index contributed by atoms with van der Waals surface area (Å²) in [6, 6.07) is 0. The fourth-order valence-electron chi connectivity index (χ4n) is 2.11. The molecule has 0 N–H and O–H groups in total. The molecule has 2 heterocycles. The molecule has 2 rings (SSSR count). The van der Waals surface area contributed by atoms with Crippen molar-refractivity contribution in [1.29, 1.82) is 0 Å². The van der Waals surface area contributed by atoms with Crippen LogP contribution in [0.25, 0.3) is 0 Å². The quantitative estimate of drug-likeness (QED) is 0.843. The summed E-state index contributed by atoms with van der Waals surface area (Å²) in [5, 5.41) is 0. The van der Waals surface area contributed by atoms with Crippen molar-refractivity contribution in [3.8, 4) is 0 Å². The van der Waals surface area contributed by atoms with Gasteiger partial charge in [0, 0.05) is 38.6 Å². The molecule has 6 heteroatoms. The topological polar surface area (TPSA) is 58.6 Å². The first-order chi connectivity index (χ1) is 9.66. The SMILES string of the molecule is CC(C)COC(=O)N1CCCN(c2cnccn2)CC1. The number of anilines is 1. The van der Waals surface area contributed by atoms with E-state index in [-0.39, 0.29) is 6.09 Å². The van der Waals surface area contributed by atoms with Gasteiger partial charge in [-0.3, -0.25) is 4.98 Å². The fourth-order valence-corrected chi connectivity index (χ4v) is 2.11. The van der Waals surface area contributed by atoms with Crippen LogP contribution in [0.2, 0.25) is 0 Å². The van der Waals surface area contributed by atoms with Crippen molar-refractivity contribution in [1.82, 2.24) is 14.9 Å². The third-order valence-corrected chi connectivity index (χ3v) is 3.17. The lowest BCUT2D eigenvalue weighted by atomic mass is 10.2. The van der Waals surface area contributed by atoms with E-state index in [1.165, 1.54) is 0 Å². The molecule has 1 fully saturated rings. The van der Waals surface area contributed by atoms with Crippen LogP contribution in [0.4, 0.5) is 10.6 Å². The number of rotatable bonds is 3. The largest absolute Gasteiger partial charge is 0.449 e.